The molecule has 1 nitrogen and oxygen atoms in total. The van der Waals surface area contributed by atoms with Crippen LogP contribution in [0.25, 0.3) is 0 Å². The first-order valence-electron chi connectivity index (χ1n) is 2.53. The lowest BCUT2D eigenvalue weighted by Gasteiger charge is -1.96. The third kappa shape index (κ3) is 4.18. The number of hydrogen-bond donors (Lipinski definition) is 1. The normalized spacial score (nSPS) is 15.0. The first-order chi connectivity index (χ1) is 2.77. The summed E-state index contributed by atoms with van der Waals surface area (Å²) in [6.45, 7) is 2.16. The molecule has 1 unspecified atom stereocenters. The molecule has 0 bridgehead atoms. The summed E-state index contributed by atoms with van der Waals surface area (Å²) in [5, 5.41) is 0. The van der Waals surface area contributed by atoms with Gasteiger partial charge in [0.05, 0.1) is 0 Å². The Morgan fingerprint density at radius 2 is 2.33 bits per heavy atom. The highest BCUT2D eigenvalue weighted by molar-refractivity contribution is 6.11. The highest BCUT2D eigenvalue weighted by atomic mass is 28.1. The molecule has 0 rings (SSSR count). The van der Waals surface area contributed by atoms with E-state index in [-0.39, 0.29) is 0 Å². The van der Waals surface area contributed by atoms with Crippen LogP contribution in [0.15, 0.2) is 0 Å². The molecule has 0 aliphatic carbocycles. The van der Waals surface area contributed by atoms with Crippen LogP contribution in [0.5, 0.6) is 0 Å². The zero-order valence-electron chi connectivity index (χ0n) is 4.57. The molecule has 0 aliphatic rings. The molecule has 0 aromatic heterocycles. The van der Waals surface area contributed by atoms with Gasteiger partial charge in [-0.05, 0) is 12.1 Å². The van der Waals surface area contributed by atoms with Crippen molar-refractivity contribution >= 4 is 10.2 Å². The molecule has 0 fully saturated rings. The predicted molar refractivity (Wildman–Crippen MR) is 32.8 cm³/mol. The second kappa shape index (κ2) is 3.37. The SMILES string of the molecule is CCCC(N)[SiH3]. The van der Waals surface area contributed by atoms with Crippen LogP contribution in [0, 0.1) is 0 Å². The average molecular weight is 103 g/mol. The van der Waals surface area contributed by atoms with Crippen LogP contribution < -0.4 is 5.73 Å². The molecular weight excluding hydrogens is 90.1 g/mol. The molecule has 0 heterocycles. The minimum atomic E-state index is 0.537. The topological polar surface area (TPSA) is 26.0 Å². The molecule has 0 spiro atoms. The van der Waals surface area contributed by atoms with Gasteiger partial charge >= 0.3 is 0 Å². The van der Waals surface area contributed by atoms with Crippen molar-refractivity contribution in [3.05, 3.63) is 0 Å². The summed E-state index contributed by atoms with van der Waals surface area (Å²) in [6.07, 6.45) is 2.46. The van der Waals surface area contributed by atoms with Crippen molar-refractivity contribution in [2.24, 2.45) is 5.73 Å². The van der Waals surface area contributed by atoms with E-state index in [0.717, 1.165) is 10.2 Å². The summed E-state index contributed by atoms with van der Waals surface area (Å²) in [5.41, 5.74) is 6.00. The quantitative estimate of drug-likeness (QED) is 0.466. The van der Waals surface area contributed by atoms with Gasteiger partial charge in [0, 0.05) is 10.2 Å². The van der Waals surface area contributed by atoms with E-state index < -0.39 is 0 Å². The fourth-order valence-electron chi connectivity index (χ4n) is 0.455. The van der Waals surface area contributed by atoms with Gasteiger partial charge in [-0.3, -0.25) is 0 Å². The summed E-state index contributed by atoms with van der Waals surface area (Å²) in [7, 11) is 1.16. The monoisotopic (exact) mass is 103 g/mol. The Labute approximate surface area is 42.3 Å². The van der Waals surface area contributed by atoms with E-state index in [4.69, 9.17) is 5.73 Å². The Hall–Kier alpha value is 0.177. The summed E-state index contributed by atoms with van der Waals surface area (Å²) in [4.78, 5) is 0. The van der Waals surface area contributed by atoms with E-state index in [0.29, 0.717) is 5.67 Å². The largest absolute Gasteiger partial charge is 0.331 e. The van der Waals surface area contributed by atoms with Gasteiger partial charge in [-0.1, -0.05) is 13.3 Å². The van der Waals surface area contributed by atoms with E-state index in [2.05, 4.69) is 6.92 Å². The highest BCUT2D eigenvalue weighted by Gasteiger charge is 1.85. The molecule has 0 aromatic rings. The molecule has 2 heteroatoms. The van der Waals surface area contributed by atoms with Gasteiger partial charge < -0.3 is 5.73 Å². The van der Waals surface area contributed by atoms with E-state index in [9.17, 15) is 0 Å². The van der Waals surface area contributed by atoms with Crippen LogP contribution in [-0.2, 0) is 0 Å². The Morgan fingerprint density at radius 3 is 2.33 bits per heavy atom. The van der Waals surface area contributed by atoms with Gasteiger partial charge in [0.1, 0.15) is 0 Å². The maximum Gasteiger partial charge on any atom is 0.0238 e. The first-order valence-corrected chi connectivity index (χ1v) is 3.68. The standard InChI is InChI=1S/C4H13NSi/c1-2-3-4(5)6/h4H,2-3,5H2,1,6H3. The highest BCUT2D eigenvalue weighted by Crippen LogP contribution is 1.85. The van der Waals surface area contributed by atoms with E-state index >= 15 is 0 Å². The van der Waals surface area contributed by atoms with Crippen molar-refractivity contribution in [1.29, 1.82) is 0 Å². The second-order valence-electron chi connectivity index (χ2n) is 1.77. The van der Waals surface area contributed by atoms with Crippen LogP contribution in [0.2, 0.25) is 0 Å². The van der Waals surface area contributed by atoms with E-state index in [1.165, 1.54) is 12.8 Å². The fraction of sp³-hybridized carbons (Fsp3) is 1.00. The molecule has 38 valence electrons. The van der Waals surface area contributed by atoms with E-state index in [1.807, 2.05) is 0 Å². The average Bonchev–Trinajstić information content (AvgIpc) is 1.35. The van der Waals surface area contributed by atoms with E-state index in [1.54, 1.807) is 0 Å². The predicted octanol–water partition coefficient (Wildman–Crippen LogP) is -0.563. The van der Waals surface area contributed by atoms with Crippen molar-refractivity contribution in [3.63, 3.8) is 0 Å². The van der Waals surface area contributed by atoms with Crippen molar-refractivity contribution in [1.82, 2.24) is 0 Å². The van der Waals surface area contributed by atoms with Gasteiger partial charge in [0.25, 0.3) is 0 Å². The molecule has 0 aromatic carbocycles. The number of rotatable bonds is 2. The van der Waals surface area contributed by atoms with Crippen LogP contribution in [0.3, 0.4) is 0 Å². The third-order valence-electron chi connectivity index (χ3n) is 0.744. The first kappa shape index (κ1) is 6.18. The molecular formula is C4H13NSi. The molecule has 2 N–H and O–H groups in total. The number of nitrogens with two attached hydrogens (primary N) is 1. The summed E-state index contributed by atoms with van der Waals surface area (Å²) >= 11 is 0. The zero-order valence-corrected chi connectivity index (χ0v) is 6.57. The summed E-state index contributed by atoms with van der Waals surface area (Å²) in [6, 6.07) is 0. The second-order valence-corrected chi connectivity index (χ2v) is 3.25. The Bertz CT molecular complexity index is 28.7. The van der Waals surface area contributed by atoms with Crippen molar-refractivity contribution in [2.45, 2.75) is 25.4 Å². The van der Waals surface area contributed by atoms with Crippen LogP contribution >= 0.6 is 0 Å². The van der Waals surface area contributed by atoms with Gasteiger partial charge in [-0.15, -0.1) is 0 Å². The lowest BCUT2D eigenvalue weighted by atomic mass is 10.3. The molecule has 0 saturated heterocycles. The van der Waals surface area contributed by atoms with Gasteiger partial charge in [0.15, 0.2) is 0 Å². The maximum atomic E-state index is 5.46. The van der Waals surface area contributed by atoms with Crippen LogP contribution in [-0.4, -0.2) is 15.9 Å². The molecule has 6 heavy (non-hydrogen) atoms. The Morgan fingerprint density at radius 1 is 1.83 bits per heavy atom. The molecule has 0 aliphatic heterocycles. The van der Waals surface area contributed by atoms with Gasteiger partial charge in [-0.2, -0.15) is 0 Å². The van der Waals surface area contributed by atoms with Gasteiger partial charge in [-0.25, -0.2) is 0 Å². The zero-order chi connectivity index (χ0) is 4.99. The smallest absolute Gasteiger partial charge is 0.0238 e. The Balaban J connectivity index is 2.63. The summed E-state index contributed by atoms with van der Waals surface area (Å²) < 4.78 is 0. The fourth-order valence-corrected chi connectivity index (χ4v) is 1.03. The lowest BCUT2D eigenvalue weighted by Crippen LogP contribution is -2.18. The van der Waals surface area contributed by atoms with Crippen LogP contribution in [0.1, 0.15) is 19.8 Å². The molecule has 0 radical (unpaired) electrons. The van der Waals surface area contributed by atoms with Crippen molar-refractivity contribution in [3.8, 4) is 0 Å². The maximum absolute atomic E-state index is 5.46. The molecule has 0 saturated carbocycles. The summed E-state index contributed by atoms with van der Waals surface area (Å²) in [5.74, 6) is 0. The minimum absolute atomic E-state index is 0.537. The molecule has 0 amide bonds. The third-order valence-corrected chi connectivity index (χ3v) is 1.32. The Kier molecular flexibility index (Phi) is 3.47. The minimum Gasteiger partial charge on any atom is -0.331 e. The molecule has 1 atom stereocenters. The lowest BCUT2D eigenvalue weighted by molar-refractivity contribution is 0.755. The van der Waals surface area contributed by atoms with Gasteiger partial charge in [0.2, 0.25) is 0 Å². The number of hydrogen-bond acceptors (Lipinski definition) is 1. The van der Waals surface area contributed by atoms with Crippen molar-refractivity contribution < 1.29 is 0 Å². The van der Waals surface area contributed by atoms with Crippen LogP contribution in [0.4, 0.5) is 0 Å². The van der Waals surface area contributed by atoms with Crippen molar-refractivity contribution in [2.75, 3.05) is 0 Å².